The average Bonchev–Trinajstić information content (AvgIpc) is 1.54. The molecule has 0 aliphatic heterocycles. The summed E-state index contributed by atoms with van der Waals surface area (Å²) in [6, 6.07) is 0. The van der Waals surface area contributed by atoms with E-state index in [1.807, 2.05) is 0 Å². The molecule has 2 unspecified atom stereocenters. The van der Waals surface area contributed by atoms with Crippen LogP contribution in [-0.2, 0) is 0 Å². The number of hydrogen-bond acceptors (Lipinski definition) is 0. The Morgan fingerprint density at radius 3 is 1.50 bits per heavy atom. The van der Waals surface area contributed by atoms with Gasteiger partial charge in [-0.15, -0.1) is 0 Å². The highest BCUT2D eigenvalue weighted by Gasteiger charge is 2.38. The maximum absolute atomic E-state index is 2.42. The summed E-state index contributed by atoms with van der Waals surface area (Å²) < 4.78 is 0. The van der Waals surface area contributed by atoms with E-state index in [2.05, 4.69) is 12.8 Å². The van der Waals surface area contributed by atoms with E-state index in [9.17, 15) is 0 Å². The van der Waals surface area contributed by atoms with E-state index in [4.69, 9.17) is 0 Å². The summed E-state index contributed by atoms with van der Waals surface area (Å²) in [6.07, 6.45) is 7.60. The Balaban J connectivity index is 2.03. The van der Waals surface area contributed by atoms with Crippen LogP contribution < -0.4 is 0 Å². The maximum Gasteiger partial charge on any atom is -0.0349 e. The van der Waals surface area contributed by atoms with Crippen LogP contribution in [0.5, 0.6) is 0 Å². The van der Waals surface area contributed by atoms with Crippen LogP contribution in [0.3, 0.4) is 0 Å². The molecule has 0 bridgehead atoms. The van der Waals surface area contributed by atoms with Crippen molar-refractivity contribution in [2.45, 2.75) is 12.8 Å². The van der Waals surface area contributed by atoms with Crippen molar-refractivity contribution in [2.24, 2.45) is 11.8 Å². The standard InChI is InChI=1S/C6H8/c1-2-6-4-3-5(1)6/h1,4-6H,2-3H2. The van der Waals surface area contributed by atoms with Crippen LogP contribution in [-0.4, -0.2) is 0 Å². The van der Waals surface area contributed by atoms with E-state index >= 15 is 0 Å². The Bertz CT molecular complexity index is 48.4. The fraction of sp³-hybridized carbons (Fsp3) is 0.667. The van der Waals surface area contributed by atoms with Crippen LogP contribution in [0.4, 0.5) is 0 Å². The van der Waals surface area contributed by atoms with Gasteiger partial charge in [0.05, 0.1) is 0 Å². The number of fused-ring (bicyclic) bond motifs is 1. The van der Waals surface area contributed by atoms with Crippen molar-refractivity contribution in [1.29, 1.82) is 0 Å². The number of hydrogen-bond donors (Lipinski definition) is 0. The number of rotatable bonds is 0. The van der Waals surface area contributed by atoms with Gasteiger partial charge < -0.3 is 0 Å². The summed E-state index contributed by atoms with van der Waals surface area (Å²) in [6.45, 7) is 0. The lowest BCUT2D eigenvalue weighted by Gasteiger charge is -2.45. The molecule has 6 heavy (non-hydrogen) atoms. The Morgan fingerprint density at radius 1 is 1.00 bits per heavy atom. The van der Waals surface area contributed by atoms with Gasteiger partial charge in [0.25, 0.3) is 0 Å². The van der Waals surface area contributed by atoms with Gasteiger partial charge in [0.15, 0.2) is 0 Å². The lowest BCUT2D eigenvalue weighted by Crippen LogP contribution is -2.36. The molecule has 0 aromatic rings. The summed E-state index contributed by atoms with van der Waals surface area (Å²) in [4.78, 5) is 0. The second kappa shape index (κ2) is 0.800. The van der Waals surface area contributed by atoms with Crippen molar-refractivity contribution in [3.05, 3.63) is 12.8 Å². The fourth-order valence-corrected chi connectivity index (χ4v) is 1.16. The third-order valence-electron chi connectivity index (χ3n) is 1.97. The Labute approximate surface area is 38.6 Å². The van der Waals surface area contributed by atoms with E-state index in [0.29, 0.717) is 0 Å². The quantitative estimate of drug-likeness (QED) is 0.413. The summed E-state index contributed by atoms with van der Waals surface area (Å²) >= 11 is 0. The van der Waals surface area contributed by atoms with Crippen molar-refractivity contribution in [1.82, 2.24) is 0 Å². The minimum Gasteiger partial charge on any atom is -0.0465 e. The zero-order chi connectivity index (χ0) is 3.98. The Hall–Kier alpha value is 0. The first-order valence-corrected chi connectivity index (χ1v) is 2.63. The largest absolute Gasteiger partial charge is 0.0465 e. The second-order valence-corrected chi connectivity index (χ2v) is 2.27. The average molecular weight is 80.1 g/mol. The maximum atomic E-state index is 2.42. The van der Waals surface area contributed by atoms with Crippen molar-refractivity contribution in [3.63, 3.8) is 0 Å². The topological polar surface area (TPSA) is 0 Å². The molecule has 32 valence electrons. The molecular weight excluding hydrogens is 72.1 g/mol. The minimum absolute atomic E-state index is 1.03. The fourth-order valence-electron chi connectivity index (χ4n) is 1.16. The molecule has 0 aromatic heterocycles. The van der Waals surface area contributed by atoms with Crippen molar-refractivity contribution >= 4 is 0 Å². The molecular formula is C6H8. The molecule has 2 radical (unpaired) electrons. The SMILES string of the molecule is [CH]1CC2[CH]CC12. The van der Waals surface area contributed by atoms with Crippen LogP contribution in [0.15, 0.2) is 0 Å². The molecule has 0 heteroatoms. The van der Waals surface area contributed by atoms with Gasteiger partial charge in [-0.25, -0.2) is 0 Å². The molecule has 0 N–H and O–H groups in total. The van der Waals surface area contributed by atoms with Gasteiger partial charge in [-0.2, -0.15) is 0 Å². The molecule has 2 aliphatic carbocycles. The first kappa shape index (κ1) is 3.06. The smallest absolute Gasteiger partial charge is 0.0349 e. The molecule has 2 fully saturated rings. The highest BCUT2D eigenvalue weighted by molar-refractivity contribution is 5.11. The van der Waals surface area contributed by atoms with Gasteiger partial charge in [0.2, 0.25) is 0 Å². The molecule has 0 nitrogen and oxygen atoms in total. The van der Waals surface area contributed by atoms with Crippen LogP contribution >= 0.6 is 0 Å². The van der Waals surface area contributed by atoms with Gasteiger partial charge in [0, 0.05) is 0 Å². The summed E-state index contributed by atoms with van der Waals surface area (Å²) in [5.74, 6) is 2.06. The van der Waals surface area contributed by atoms with Crippen LogP contribution in [0.25, 0.3) is 0 Å². The molecule has 0 heterocycles. The van der Waals surface area contributed by atoms with E-state index in [1.54, 1.807) is 0 Å². The normalized spacial score (nSPS) is 52.0. The molecule has 0 spiro atoms. The van der Waals surface area contributed by atoms with Gasteiger partial charge in [-0.05, 0) is 37.5 Å². The highest BCUT2D eigenvalue weighted by Crippen LogP contribution is 2.47. The lowest BCUT2D eigenvalue weighted by molar-refractivity contribution is 0.207. The zero-order valence-corrected chi connectivity index (χ0v) is 3.72. The third-order valence-corrected chi connectivity index (χ3v) is 1.97. The van der Waals surface area contributed by atoms with Crippen molar-refractivity contribution in [2.75, 3.05) is 0 Å². The molecule has 2 atom stereocenters. The first-order chi connectivity index (χ1) is 2.97. The third kappa shape index (κ3) is 0.184. The zero-order valence-electron chi connectivity index (χ0n) is 3.72. The summed E-state index contributed by atoms with van der Waals surface area (Å²) in [7, 11) is 0. The predicted molar refractivity (Wildman–Crippen MR) is 24.8 cm³/mol. The molecule has 0 amide bonds. The summed E-state index contributed by atoms with van der Waals surface area (Å²) in [5, 5.41) is 0. The van der Waals surface area contributed by atoms with Crippen LogP contribution in [0.1, 0.15) is 12.8 Å². The monoisotopic (exact) mass is 80.1 g/mol. The molecule has 2 rings (SSSR count). The Kier molecular flexibility index (Phi) is 0.408. The second-order valence-electron chi connectivity index (χ2n) is 2.27. The molecule has 0 saturated heterocycles. The predicted octanol–water partition coefficient (Wildman–Crippen LogP) is 1.43. The van der Waals surface area contributed by atoms with Crippen molar-refractivity contribution in [3.8, 4) is 0 Å². The van der Waals surface area contributed by atoms with E-state index in [-0.39, 0.29) is 0 Å². The van der Waals surface area contributed by atoms with E-state index in [0.717, 1.165) is 11.8 Å². The minimum atomic E-state index is 1.03. The van der Waals surface area contributed by atoms with Crippen LogP contribution in [0, 0.1) is 24.7 Å². The summed E-state index contributed by atoms with van der Waals surface area (Å²) in [5.41, 5.74) is 0. The lowest BCUT2D eigenvalue weighted by atomic mass is 9.60. The van der Waals surface area contributed by atoms with Gasteiger partial charge in [0.1, 0.15) is 0 Å². The van der Waals surface area contributed by atoms with E-state index < -0.39 is 0 Å². The molecule has 2 saturated carbocycles. The van der Waals surface area contributed by atoms with Gasteiger partial charge >= 0.3 is 0 Å². The molecule has 0 aromatic carbocycles. The van der Waals surface area contributed by atoms with Gasteiger partial charge in [-0.1, -0.05) is 0 Å². The van der Waals surface area contributed by atoms with Crippen LogP contribution in [0.2, 0.25) is 0 Å². The van der Waals surface area contributed by atoms with E-state index in [1.165, 1.54) is 12.8 Å². The Morgan fingerprint density at radius 2 is 1.50 bits per heavy atom. The van der Waals surface area contributed by atoms with Gasteiger partial charge in [-0.3, -0.25) is 0 Å². The molecule has 2 aliphatic rings. The first-order valence-electron chi connectivity index (χ1n) is 2.63. The van der Waals surface area contributed by atoms with Crippen molar-refractivity contribution < 1.29 is 0 Å². The highest BCUT2D eigenvalue weighted by atomic mass is 14.4.